The molecule has 0 aromatic rings. The molecule has 0 amide bonds. The van der Waals surface area contributed by atoms with Gasteiger partial charge >= 0.3 is 0 Å². The van der Waals surface area contributed by atoms with Gasteiger partial charge in [-0.1, -0.05) is 27.0 Å². The van der Waals surface area contributed by atoms with E-state index in [1.807, 2.05) is 13.8 Å². The lowest BCUT2D eigenvalue weighted by Crippen LogP contribution is -2.22. The summed E-state index contributed by atoms with van der Waals surface area (Å²) in [5, 5.41) is 0. The Hall–Kier alpha value is -0.610. The maximum atomic E-state index is 10.8. The molecule has 0 aliphatic heterocycles. The van der Waals surface area contributed by atoms with Crippen LogP contribution in [0.1, 0.15) is 26.7 Å². The minimum absolute atomic E-state index is 0.614. The van der Waals surface area contributed by atoms with Gasteiger partial charge in [0.2, 0.25) is 0 Å². The minimum Gasteiger partial charge on any atom is -0.289 e. The van der Waals surface area contributed by atoms with Crippen LogP contribution < -0.4 is 0 Å². The normalized spacial score (nSPS) is 12.2. The van der Waals surface area contributed by atoms with Crippen LogP contribution >= 0.6 is 0 Å². The van der Waals surface area contributed by atoms with Gasteiger partial charge in [0.25, 0.3) is 11.3 Å². The molecule has 70 valence electrons. The average molecular weight is 189 g/mol. The summed E-state index contributed by atoms with van der Waals surface area (Å²) >= 11 is -2.03. The van der Waals surface area contributed by atoms with E-state index in [1.165, 1.54) is 4.31 Å². The number of nitrogens with zero attached hydrogens (tertiary/aromatic N) is 1. The number of hydrogen-bond acceptors (Lipinski definition) is 1. The van der Waals surface area contributed by atoms with Crippen molar-refractivity contribution in [3.63, 3.8) is 0 Å². The van der Waals surface area contributed by atoms with Gasteiger partial charge in [0.05, 0.1) is 0 Å². The van der Waals surface area contributed by atoms with Crippen LogP contribution in [0.5, 0.6) is 0 Å². The van der Waals surface area contributed by atoms with Crippen LogP contribution in [0.4, 0.5) is 0 Å². The highest BCUT2D eigenvalue weighted by Gasteiger charge is 2.13. The van der Waals surface area contributed by atoms with Crippen molar-refractivity contribution in [2.24, 2.45) is 0 Å². The van der Waals surface area contributed by atoms with E-state index in [0.717, 1.165) is 0 Å². The summed E-state index contributed by atoms with van der Waals surface area (Å²) < 4.78 is 21.0. The highest BCUT2D eigenvalue weighted by atomic mass is 32.2. The predicted molar refractivity (Wildman–Crippen MR) is 51.5 cm³/mol. The molecule has 0 saturated carbocycles. The second-order valence-corrected chi connectivity index (χ2v) is 3.19. The first-order valence-corrected chi connectivity index (χ1v) is 4.87. The summed E-state index contributed by atoms with van der Waals surface area (Å²) in [7, 11) is 0. The van der Waals surface area contributed by atoms with Gasteiger partial charge in [0.15, 0.2) is 0 Å². The Morgan fingerprint density at radius 2 is 1.67 bits per heavy atom. The first-order chi connectivity index (χ1) is 5.54. The highest BCUT2D eigenvalue weighted by molar-refractivity contribution is 7.77. The van der Waals surface area contributed by atoms with Gasteiger partial charge in [0.1, 0.15) is 0 Å². The fourth-order valence-corrected chi connectivity index (χ4v) is 1.43. The lowest BCUT2D eigenvalue weighted by molar-refractivity contribution is 0.486. The Morgan fingerprint density at radius 1 is 1.33 bits per heavy atom. The van der Waals surface area contributed by atoms with Crippen LogP contribution in [0.15, 0.2) is 24.6 Å². The first-order valence-electron chi connectivity index (χ1n) is 3.81. The van der Waals surface area contributed by atoms with Crippen molar-refractivity contribution in [2.75, 3.05) is 0 Å². The van der Waals surface area contributed by atoms with Gasteiger partial charge in [-0.25, -0.2) is 8.51 Å². The van der Waals surface area contributed by atoms with Gasteiger partial charge in [0, 0.05) is 11.4 Å². The molecule has 0 fully saturated rings. The third kappa shape index (κ3) is 2.79. The van der Waals surface area contributed by atoms with E-state index in [9.17, 15) is 4.21 Å². The molecule has 1 unspecified atom stereocenters. The van der Waals surface area contributed by atoms with E-state index in [1.54, 1.807) is 0 Å². The topological polar surface area (TPSA) is 40.5 Å². The molecule has 1 atom stereocenters. The third-order valence-corrected chi connectivity index (χ3v) is 2.38. The van der Waals surface area contributed by atoms with E-state index in [4.69, 9.17) is 4.55 Å². The number of hydrogen-bond donors (Lipinski definition) is 1. The molecule has 0 radical (unpaired) electrons. The molecule has 12 heavy (non-hydrogen) atoms. The molecule has 0 aromatic heterocycles. The second-order valence-electron chi connectivity index (χ2n) is 2.36. The van der Waals surface area contributed by atoms with Crippen molar-refractivity contribution in [1.82, 2.24) is 4.31 Å². The van der Waals surface area contributed by atoms with Crippen molar-refractivity contribution in [3.05, 3.63) is 24.6 Å². The van der Waals surface area contributed by atoms with E-state index < -0.39 is 11.3 Å². The van der Waals surface area contributed by atoms with Crippen molar-refractivity contribution < 1.29 is 8.76 Å². The molecule has 0 bridgehead atoms. The summed E-state index contributed by atoms with van der Waals surface area (Å²) in [6, 6.07) is 0. The van der Waals surface area contributed by atoms with E-state index in [-0.39, 0.29) is 0 Å². The van der Waals surface area contributed by atoms with Gasteiger partial charge < -0.3 is 0 Å². The standard InChI is InChI=1S/C8H15NO2S/c1-5-7(3)9(12(10)11)8(4)6-2/h3-6H2,1-2H3,(H,10,11). The maximum Gasteiger partial charge on any atom is 0.265 e. The van der Waals surface area contributed by atoms with Gasteiger partial charge in [-0.05, 0) is 12.8 Å². The maximum absolute atomic E-state index is 10.8. The molecule has 0 aromatic carbocycles. The Morgan fingerprint density at radius 3 is 1.83 bits per heavy atom. The van der Waals surface area contributed by atoms with Crippen LogP contribution in [0.25, 0.3) is 0 Å². The Kier molecular flexibility index (Phi) is 4.85. The van der Waals surface area contributed by atoms with Crippen molar-refractivity contribution in [3.8, 4) is 0 Å². The fourth-order valence-electron chi connectivity index (χ4n) is 0.732. The monoisotopic (exact) mass is 189 g/mol. The average Bonchev–Trinajstić information content (AvgIpc) is 2.03. The molecule has 0 saturated heterocycles. The van der Waals surface area contributed by atoms with E-state index in [2.05, 4.69) is 13.2 Å². The van der Waals surface area contributed by atoms with Crippen LogP contribution in [0.2, 0.25) is 0 Å². The minimum atomic E-state index is -2.03. The molecule has 0 rings (SSSR count). The lowest BCUT2D eigenvalue weighted by atomic mass is 10.3. The number of allylic oxidation sites excluding steroid dienone is 2. The molecule has 0 spiro atoms. The van der Waals surface area contributed by atoms with Crippen molar-refractivity contribution >= 4 is 11.3 Å². The molecule has 4 heteroatoms. The van der Waals surface area contributed by atoms with Gasteiger partial charge in [-0.15, -0.1) is 0 Å². The fraction of sp³-hybridized carbons (Fsp3) is 0.500. The van der Waals surface area contributed by atoms with Crippen LogP contribution in [0, 0.1) is 0 Å². The van der Waals surface area contributed by atoms with E-state index >= 15 is 0 Å². The molecule has 0 aliphatic rings. The second kappa shape index (κ2) is 5.11. The van der Waals surface area contributed by atoms with Crippen molar-refractivity contribution in [1.29, 1.82) is 0 Å². The SMILES string of the molecule is C=C(CC)N(C(=C)CC)S(=O)O. The van der Waals surface area contributed by atoms with E-state index in [0.29, 0.717) is 24.2 Å². The van der Waals surface area contributed by atoms with Gasteiger partial charge in [-0.2, -0.15) is 0 Å². The zero-order valence-electron chi connectivity index (χ0n) is 7.54. The smallest absolute Gasteiger partial charge is 0.265 e. The van der Waals surface area contributed by atoms with Crippen LogP contribution in [-0.4, -0.2) is 13.1 Å². The predicted octanol–water partition coefficient (Wildman–Crippen LogP) is 2.27. The molecular weight excluding hydrogens is 174 g/mol. The molecular formula is C8H15NO2S. The first kappa shape index (κ1) is 11.4. The van der Waals surface area contributed by atoms with Gasteiger partial charge in [-0.3, -0.25) is 4.55 Å². The molecule has 3 nitrogen and oxygen atoms in total. The highest BCUT2D eigenvalue weighted by Crippen LogP contribution is 2.16. The Bertz CT molecular complexity index is 197. The van der Waals surface area contributed by atoms with Crippen LogP contribution in [-0.2, 0) is 11.3 Å². The Balaban J connectivity index is 4.55. The molecule has 1 N–H and O–H groups in total. The Labute approximate surface area is 76.2 Å². The zero-order valence-corrected chi connectivity index (χ0v) is 8.36. The lowest BCUT2D eigenvalue weighted by Gasteiger charge is -2.22. The summed E-state index contributed by atoms with van der Waals surface area (Å²) in [6.45, 7) is 11.1. The molecule has 0 heterocycles. The summed E-state index contributed by atoms with van der Waals surface area (Å²) in [5.74, 6) is 0. The van der Waals surface area contributed by atoms with Crippen molar-refractivity contribution in [2.45, 2.75) is 26.7 Å². The zero-order chi connectivity index (χ0) is 9.72. The summed E-state index contributed by atoms with van der Waals surface area (Å²) in [5.41, 5.74) is 1.23. The number of rotatable bonds is 5. The summed E-state index contributed by atoms with van der Waals surface area (Å²) in [4.78, 5) is 0. The third-order valence-electron chi connectivity index (χ3n) is 1.55. The largest absolute Gasteiger partial charge is 0.289 e. The quantitative estimate of drug-likeness (QED) is 0.674. The summed E-state index contributed by atoms with van der Waals surface area (Å²) in [6.07, 6.45) is 1.29. The van der Waals surface area contributed by atoms with Crippen LogP contribution in [0.3, 0.4) is 0 Å². The molecule has 0 aliphatic carbocycles.